The number of ether oxygens (including phenoxy) is 3. The zero-order valence-corrected chi connectivity index (χ0v) is 16.4. The molecule has 0 atom stereocenters. The van der Waals surface area contributed by atoms with Gasteiger partial charge in [-0.15, -0.1) is 11.8 Å². The van der Waals surface area contributed by atoms with E-state index in [2.05, 4.69) is 0 Å². The first-order valence-corrected chi connectivity index (χ1v) is 9.47. The predicted octanol–water partition coefficient (Wildman–Crippen LogP) is 3.76. The van der Waals surface area contributed by atoms with Crippen LogP contribution in [0.3, 0.4) is 0 Å². The average Bonchev–Trinajstić information content (AvgIpc) is 2.71. The lowest BCUT2D eigenvalue weighted by Gasteiger charge is -2.11. The van der Waals surface area contributed by atoms with E-state index in [-0.39, 0.29) is 23.7 Å². The molecule has 8 nitrogen and oxygen atoms in total. The zero-order chi connectivity index (χ0) is 20.7. The first-order chi connectivity index (χ1) is 13.4. The van der Waals surface area contributed by atoms with Crippen molar-refractivity contribution in [2.45, 2.75) is 11.8 Å². The Bertz CT molecular complexity index is 881. The van der Waals surface area contributed by atoms with Crippen molar-refractivity contribution < 1.29 is 28.7 Å². The molecule has 0 amide bonds. The minimum Gasteiger partial charge on any atom is -0.493 e. The minimum absolute atomic E-state index is 0.137. The number of rotatable bonds is 9. The van der Waals surface area contributed by atoms with Crippen molar-refractivity contribution in [2.24, 2.45) is 0 Å². The fourth-order valence-corrected chi connectivity index (χ4v) is 2.77. The van der Waals surface area contributed by atoms with Crippen molar-refractivity contribution in [1.29, 1.82) is 0 Å². The molecule has 0 spiro atoms. The molecule has 2 aromatic rings. The molecular weight excluding hydrogens is 386 g/mol. The van der Waals surface area contributed by atoms with Crippen LogP contribution in [0.25, 0.3) is 0 Å². The highest BCUT2D eigenvalue weighted by atomic mass is 32.2. The molecule has 0 aromatic heterocycles. The number of ketones is 1. The molecule has 0 bridgehead atoms. The average molecular weight is 405 g/mol. The summed E-state index contributed by atoms with van der Waals surface area (Å²) in [6.45, 7) is 1.44. The van der Waals surface area contributed by atoms with E-state index in [0.29, 0.717) is 5.56 Å². The summed E-state index contributed by atoms with van der Waals surface area (Å²) in [7, 11) is 1.35. The summed E-state index contributed by atoms with van der Waals surface area (Å²) >= 11 is 1.53. The van der Waals surface area contributed by atoms with Gasteiger partial charge in [0.25, 0.3) is 5.69 Å². The standard InChI is InChI=1S/C19H19NO7S/c1-4-26-18-10-15(20(23)24)14(9-17(18)25-2)19(22)27-11-16(21)12-5-7-13(28-3)8-6-12/h5-10H,4,11H2,1-3H3. The van der Waals surface area contributed by atoms with Gasteiger partial charge in [-0.2, -0.15) is 0 Å². The van der Waals surface area contributed by atoms with Gasteiger partial charge in [-0.3, -0.25) is 14.9 Å². The van der Waals surface area contributed by atoms with E-state index in [4.69, 9.17) is 14.2 Å². The van der Waals surface area contributed by atoms with Gasteiger partial charge < -0.3 is 14.2 Å². The molecule has 0 heterocycles. The summed E-state index contributed by atoms with van der Waals surface area (Å²) in [5, 5.41) is 11.3. The van der Waals surface area contributed by atoms with Gasteiger partial charge in [0.2, 0.25) is 0 Å². The van der Waals surface area contributed by atoms with Gasteiger partial charge in [-0.25, -0.2) is 4.79 Å². The monoisotopic (exact) mass is 405 g/mol. The lowest BCUT2D eigenvalue weighted by Crippen LogP contribution is -2.15. The van der Waals surface area contributed by atoms with E-state index in [9.17, 15) is 19.7 Å². The number of carbonyl (C=O) groups is 2. The normalized spacial score (nSPS) is 10.2. The molecule has 28 heavy (non-hydrogen) atoms. The van der Waals surface area contributed by atoms with Crippen LogP contribution in [0.1, 0.15) is 27.6 Å². The van der Waals surface area contributed by atoms with Crippen molar-refractivity contribution in [3.8, 4) is 11.5 Å². The van der Waals surface area contributed by atoms with Crippen LogP contribution in [0.5, 0.6) is 11.5 Å². The Kier molecular flexibility index (Phi) is 7.39. The number of nitrogens with zero attached hydrogens (tertiary/aromatic N) is 1. The lowest BCUT2D eigenvalue weighted by atomic mass is 10.1. The Morgan fingerprint density at radius 2 is 1.82 bits per heavy atom. The molecule has 0 saturated heterocycles. The SMILES string of the molecule is CCOc1cc([N+](=O)[O-])c(C(=O)OCC(=O)c2ccc(SC)cc2)cc1OC. The summed E-state index contributed by atoms with van der Waals surface area (Å²) in [4.78, 5) is 36.2. The minimum atomic E-state index is -0.998. The topological polar surface area (TPSA) is 105 Å². The van der Waals surface area contributed by atoms with Gasteiger partial charge in [0.1, 0.15) is 5.56 Å². The van der Waals surface area contributed by atoms with Crippen LogP contribution in [0.4, 0.5) is 5.69 Å². The van der Waals surface area contributed by atoms with Crippen LogP contribution in [-0.2, 0) is 4.74 Å². The van der Waals surface area contributed by atoms with Crippen LogP contribution >= 0.6 is 11.8 Å². The second-order valence-corrected chi connectivity index (χ2v) is 6.32. The Morgan fingerprint density at radius 3 is 2.36 bits per heavy atom. The third-order valence-electron chi connectivity index (χ3n) is 3.74. The third kappa shape index (κ3) is 5.01. The Morgan fingerprint density at radius 1 is 1.14 bits per heavy atom. The number of esters is 1. The van der Waals surface area contributed by atoms with Crippen LogP contribution in [0.15, 0.2) is 41.3 Å². The van der Waals surface area contributed by atoms with E-state index in [1.165, 1.54) is 24.9 Å². The van der Waals surface area contributed by atoms with Crippen LogP contribution in [0, 0.1) is 10.1 Å². The summed E-state index contributed by atoms with van der Waals surface area (Å²) in [5.41, 5.74) is -0.439. The second kappa shape index (κ2) is 9.75. The summed E-state index contributed by atoms with van der Waals surface area (Å²) in [5.74, 6) is -1.12. The summed E-state index contributed by atoms with van der Waals surface area (Å²) in [6, 6.07) is 9.09. The number of nitro benzene ring substituents is 1. The molecule has 2 aromatic carbocycles. The number of thioether (sulfide) groups is 1. The van der Waals surface area contributed by atoms with Gasteiger partial charge in [0, 0.05) is 16.5 Å². The van der Waals surface area contributed by atoms with E-state index in [1.54, 1.807) is 31.2 Å². The van der Waals surface area contributed by atoms with Gasteiger partial charge in [0.15, 0.2) is 23.9 Å². The van der Waals surface area contributed by atoms with E-state index >= 15 is 0 Å². The number of hydrogen-bond acceptors (Lipinski definition) is 8. The fraction of sp³-hybridized carbons (Fsp3) is 0.263. The molecule has 148 valence electrons. The highest BCUT2D eigenvalue weighted by Crippen LogP contribution is 2.35. The predicted molar refractivity (Wildman–Crippen MR) is 104 cm³/mol. The number of nitro groups is 1. The molecule has 9 heteroatoms. The fourth-order valence-electron chi connectivity index (χ4n) is 2.36. The molecule has 0 aliphatic heterocycles. The Hall–Kier alpha value is -3.07. The number of benzene rings is 2. The van der Waals surface area contributed by atoms with Crippen LogP contribution in [0.2, 0.25) is 0 Å². The van der Waals surface area contributed by atoms with Crippen molar-refractivity contribution >= 4 is 29.2 Å². The van der Waals surface area contributed by atoms with Crippen LogP contribution in [-0.4, -0.2) is 43.3 Å². The Labute approximate surface area is 165 Å². The van der Waals surface area contributed by atoms with Crippen molar-refractivity contribution in [1.82, 2.24) is 0 Å². The maximum atomic E-state index is 12.4. The van der Waals surface area contributed by atoms with Crippen molar-refractivity contribution in [2.75, 3.05) is 26.6 Å². The van der Waals surface area contributed by atoms with Gasteiger partial charge in [-0.1, -0.05) is 12.1 Å². The largest absolute Gasteiger partial charge is 0.493 e. The second-order valence-electron chi connectivity index (χ2n) is 5.44. The molecule has 0 saturated carbocycles. The zero-order valence-electron chi connectivity index (χ0n) is 15.6. The first kappa shape index (κ1) is 21.2. The number of methoxy groups -OCH3 is 1. The van der Waals surface area contributed by atoms with Crippen molar-refractivity contribution in [3.05, 3.63) is 57.6 Å². The van der Waals surface area contributed by atoms with Crippen LogP contribution < -0.4 is 9.47 Å². The number of Topliss-reactive ketones (excluding diaryl/α,β-unsaturated/α-hetero) is 1. The molecule has 0 aliphatic rings. The molecule has 0 unspecified atom stereocenters. The molecule has 0 N–H and O–H groups in total. The maximum absolute atomic E-state index is 12.4. The smallest absolute Gasteiger partial charge is 0.345 e. The summed E-state index contributed by atoms with van der Waals surface area (Å²) in [6.07, 6.45) is 1.91. The van der Waals surface area contributed by atoms with Gasteiger partial charge in [-0.05, 0) is 25.3 Å². The quantitative estimate of drug-likeness (QED) is 0.204. The molecule has 0 aliphatic carbocycles. The first-order valence-electron chi connectivity index (χ1n) is 8.24. The molecule has 0 fully saturated rings. The lowest BCUT2D eigenvalue weighted by molar-refractivity contribution is -0.385. The molecular formula is C19H19NO7S. The summed E-state index contributed by atoms with van der Waals surface area (Å²) < 4.78 is 15.4. The van der Waals surface area contributed by atoms with Gasteiger partial charge >= 0.3 is 5.97 Å². The molecule has 0 radical (unpaired) electrons. The number of hydrogen-bond donors (Lipinski definition) is 0. The Balaban J connectivity index is 2.20. The highest BCUT2D eigenvalue weighted by molar-refractivity contribution is 7.98. The van der Waals surface area contributed by atoms with E-state index < -0.39 is 29.0 Å². The van der Waals surface area contributed by atoms with Crippen molar-refractivity contribution in [3.63, 3.8) is 0 Å². The highest BCUT2D eigenvalue weighted by Gasteiger charge is 2.26. The van der Waals surface area contributed by atoms with Gasteiger partial charge in [0.05, 0.1) is 24.7 Å². The van der Waals surface area contributed by atoms with E-state index in [1.807, 2.05) is 6.26 Å². The number of carbonyl (C=O) groups excluding carboxylic acids is 2. The maximum Gasteiger partial charge on any atom is 0.345 e. The third-order valence-corrected chi connectivity index (χ3v) is 4.49. The van der Waals surface area contributed by atoms with E-state index in [0.717, 1.165) is 11.0 Å². The molecule has 2 rings (SSSR count).